The second kappa shape index (κ2) is 4.47. The van der Waals surface area contributed by atoms with Gasteiger partial charge in [0.15, 0.2) is 0 Å². The Morgan fingerprint density at radius 2 is 2.19 bits per heavy atom. The molecule has 1 saturated carbocycles. The Morgan fingerprint density at radius 3 is 2.75 bits per heavy atom. The third-order valence-electron chi connectivity index (χ3n) is 2.93. The predicted octanol–water partition coefficient (Wildman–Crippen LogP) is 3.94. The van der Waals surface area contributed by atoms with Crippen LogP contribution in [0.5, 0.6) is 0 Å². The summed E-state index contributed by atoms with van der Waals surface area (Å²) in [5, 5.41) is 12.6. The third-order valence-corrected chi connectivity index (χ3v) is 3.62. The zero-order chi connectivity index (χ0) is 11.6. The molecule has 1 aromatic carbocycles. The largest absolute Gasteiger partial charge is 0.367 e. The van der Waals surface area contributed by atoms with Gasteiger partial charge in [0.1, 0.15) is 5.54 Å². The van der Waals surface area contributed by atoms with Crippen LogP contribution < -0.4 is 5.32 Å². The molecular weight excluding hydrogens is 264 g/mol. The van der Waals surface area contributed by atoms with Crippen molar-refractivity contribution in [1.29, 1.82) is 5.26 Å². The monoisotopic (exact) mass is 278 g/mol. The summed E-state index contributed by atoms with van der Waals surface area (Å²) in [7, 11) is 0. The van der Waals surface area contributed by atoms with E-state index in [2.05, 4.69) is 27.3 Å². The highest BCUT2D eigenvalue weighted by Gasteiger charge is 2.33. The first kappa shape index (κ1) is 11.5. The van der Waals surface area contributed by atoms with Gasteiger partial charge in [-0.05, 0) is 47.3 Å². The fraction of sp³-hybridized carbons (Fsp3) is 0.462. The molecule has 2 nitrogen and oxygen atoms in total. The van der Waals surface area contributed by atoms with Crippen LogP contribution in [-0.4, -0.2) is 5.54 Å². The second-order valence-corrected chi connectivity index (χ2v) is 5.55. The van der Waals surface area contributed by atoms with Crippen molar-refractivity contribution in [3.8, 4) is 6.07 Å². The number of nitrogens with zero attached hydrogens (tertiary/aromatic N) is 1. The van der Waals surface area contributed by atoms with Gasteiger partial charge in [-0.3, -0.25) is 0 Å². The van der Waals surface area contributed by atoms with E-state index in [0.717, 1.165) is 22.5 Å². The number of benzene rings is 1. The Kier molecular flexibility index (Phi) is 3.20. The number of hydrogen-bond donors (Lipinski definition) is 1. The van der Waals surface area contributed by atoms with E-state index < -0.39 is 5.54 Å². The molecule has 0 amide bonds. The molecule has 84 valence electrons. The van der Waals surface area contributed by atoms with Gasteiger partial charge in [0.25, 0.3) is 0 Å². The third kappa shape index (κ3) is 2.76. The topological polar surface area (TPSA) is 35.8 Å². The van der Waals surface area contributed by atoms with Crippen LogP contribution in [0.25, 0.3) is 0 Å². The van der Waals surface area contributed by atoms with Crippen molar-refractivity contribution in [2.75, 3.05) is 5.32 Å². The molecule has 0 bridgehead atoms. The van der Waals surface area contributed by atoms with E-state index in [9.17, 15) is 5.26 Å². The van der Waals surface area contributed by atoms with Crippen molar-refractivity contribution in [3.05, 3.63) is 28.7 Å². The van der Waals surface area contributed by atoms with Crippen LogP contribution in [0.2, 0.25) is 0 Å². The lowest BCUT2D eigenvalue weighted by molar-refractivity contribution is 0.544. The van der Waals surface area contributed by atoms with Gasteiger partial charge < -0.3 is 5.32 Å². The molecule has 0 spiro atoms. The number of rotatable bonds is 4. The van der Waals surface area contributed by atoms with Gasteiger partial charge in [0.2, 0.25) is 0 Å². The molecule has 0 heterocycles. The number of halogens is 1. The van der Waals surface area contributed by atoms with Crippen molar-refractivity contribution in [3.63, 3.8) is 0 Å². The van der Waals surface area contributed by atoms with Crippen molar-refractivity contribution < 1.29 is 0 Å². The highest BCUT2D eigenvalue weighted by atomic mass is 79.9. The molecule has 16 heavy (non-hydrogen) atoms. The van der Waals surface area contributed by atoms with E-state index in [1.807, 2.05) is 31.2 Å². The molecule has 0 aliphatic heterocycles. The summed E-state index contributed by atoms with van der Waals surface area (Å²) in [6.45, 7) is 1.98. The summed E-state index contributed by atoms with van der Waals surface area (Å²) in [4.78, 5) is 0. The molecule has 0 aromatic heterocycles. The van der Waals surface area contributed by atoms with Crippen LogP contribution in [0.4, 0.5) is 5.69 Å². The smallest absolute Gasteiger partial charge is 0.122 e. The van der Waals surface area contributed by atoms with Gasteiger partial charge in [0.05, 0.1) is 6.07 Å². The molecule has 1 aliphatic carbocycles. The quantitative estimate of drug-likeness (QED) is 0.906. The summed E-state index contributed by atoms with van der Waals surface area (Å²) < 4.78 is 1.01. The Morgan fingerprint density at radius 1 is 1.50 bits per heavy atom. The normalized spacial score (nSPS) is 18.6. The van der Waals surface area contributed by atoms with E-state index in [-0.39, 0.29) is 0 Å². The van der Waals surface area contributed by atoms with E-state index in [4.69, 9.17) is 0 Å². The van der Waals surface area contributed by atoms with Gasteiger partial charge in [0, 0.05) is 10.2 Å². The number of nitriles is 1. The van der Waals surface area contributed by atoms with E-state index in [1.54, 1.807) is 0 Å². The fourth-order valence-corrected chi connectivity index (χ4v) is 2.27. The average Bonchev–Trinajstić information content (AvgIpc) is 3.05. The summed E-state index contributed by atoms with van der Waals surface area (Å²) in [5.41, 5.74) is 0.539. The Balaban J connectivity index is 2.11. The first-order chi connectivity index (χ1) is 7.63. The minimum absolute atomic E-state index is 0.453. The highest BCUT2D eigenvalue weighted by Crippen LogP contribution is 2.38. The van der Waals surface area contributed by atoms with Gasteiger partial charge >= 0.3 is 0 Å². The first-order valence-electron chi connectivity index (χ1n) is 5.57. The van der Waals surface area contributed by atoms with Crippen molar-refractivity contribution in [1.82, 2.24) is 0 Å². The molecule has 1 fully saturated rings. The van der Waals surface area contributed by atoms with Gasteiger partial charge in [-0.25, -0.2) is 0 Å². The molecule has 1 N–H and O–H groups in total. The molecule has 1 aliphatic rings. The van der Waals surface area contributed by atoms with Crippen LogP contribution >= 0.6 is 15.9 Å². The maximum Gasteiger partial charge on any atom is 0.122 e. The zero-order valence-corrected chi connectivity index (χ0v) is 10.9. The average molecular weight is 279 g/mol. The Bertz CT molecular complexity index is 420. The van der Waals surface area contributed by atoms with Crippen LogP contribution in [0.3, 0.4) is 0 Å². The minimum Gasteiger partial charge on any atom is -0.367 e. The van der Waals surface area contributed by atoms with Gasteiger partial charge in [-0.1, -0.05) is 25.0 Å². The highest BCUT2D eigenvalue weighted by molar-refractivity contribution is 9.10. The molecule has 2 rings (SSSR count). The molecule has 3 heteroatoms. The molecule has 0 radical (unpaired) electrons. The van der Waals surface area contributed by atoms with Crippen molar-refractivity contribution in [2.45, 2.75) is 31.7 Å². The number of anilines is 1. The second-order valence-electron chi connectivity index (χ2n) is 4.70. The van der Waals surface area contributed by atoms with Gasteiger partial charge in [-0.2, -0.15) is 5.26 Å². The maximum atomic E-state index is 9.29. The van der Waals surface area contributed by atoms with Crippen LogP contribution in [0, 0.1) is 17.2 Å². The fourth-order valence-electron chi connectivity index (χ4n) is 1.88. The first-order valence-corrected chi connectivity index (χ1v) is 6.36. The predicted molar refractivity (Wildman–Crippen MR) is 69.1 cm³/mol. The molecular formula is C13H15BrN2. The van der Waals surface area contributed by atoms with Crippen LogP contribution in [-0.2, 0) is 0 Å². The molecule has 0 saturated heterocycles. The molecule has 1 unspecified atom stereocenters. The summed E-state index contributed by atoms with van der Waals surface area (Å²) in [6.07, 6.45) is 3.48. The Labute approximate surface area is 105 Å². The van der Waals surface area contributed by atoms with E-state index in [1.165, 1.54) is 12.8 Å². The molecule has 1 atom stereocenters. The lowest BCUT2D eigenvalue weighted by atomic mass is 9.96. The van der Waals surface area contributed by atoms with E-state index in [0.29, 0.717) is 0 Å². The Hall–Kier alpha value is -1.01. The summed E-state index contributed by atoms with van der Waals surface area (Å²) in [6, 6.07) is 10.3. The van der Waals surface area contributed by atoms with Crippen molar-refractivity contribution >= 4 is 21.6 Å². The van der Waals surface area contributed by atoms with Crippen LogP contribution in [0.1, 0.15) is 26.2 Å². The number of hydrogen-bond acceptors (Lipinski definition) is 2. The van der Waals surface area contributed by atoms with Gasteiger partial charge in [-0.15, -0.1) is 0 Å². The van der Waals surface area contributed by atoms with Crippen molar-refractivity contribution in [2.24, 2.45) is 5.92 Å². The van der Waals surface area contributed by atoms with E-state index >= 15 is 0 Å². The maximum absolute atomic E-state index is 9.29. The summed E-state index contributed by atoms with van der Waals surface area (Å²) in [5.74, 6) is 0.736. The summed E-state index contributed by atoms with van der Waals surface area (Å²) >= 11 is 3.49. The standard InChI is InChI=1S/C13H15BrN2/c1-13(9-15,8-10-6-7-10)16-12-5-3-2-4-11(12)14/h2-5,10,16H,6-8H2,1H3. The molecule has 1 aromatic rings. The number of para-hydroxylation sites is 1. The minimum atomic E-state index is -0.453. The van der Waals surface area contributed by atoms with Crippen LogP contribution in [0.15, 0.2) is 28.7 Å². The SMILES string of the molecule is CC(C#N)(CC1CC1)Nc1ccccc1Br. The number of nitrogens with one attached hydrogen (secondary N) is 1. The zero-order valence-electron chi connectivity index (χ0n) is 9.33. The lowest BCUT2D eigenvalue weighted by Crippen LogP contribution is -2.33. The lowest BCUT2D eigenvalue weighted by Gasteiger charge is -2.25.